The molecule has 6 heteroatoms. The molecule has 0 N–H and O–H groups in total. The molecule has 2 amide bonds. The number of allylic oxidation sites excluding steroid dienone is 2. The van der Waals surface area contributed by atoms with Crippen LogP contribution in [0.5, 0.6) is 0 Å². The second-order valence-corrected chi connectivity index (χ2v) is 8.96. The molecule has 6 unspecified atom stereocenters. The molecule has 2 heterocycles. The van der Waals surface area contributed by atoms with Crippen molar-refractivity contribution in [3.63, 3.8) is 0 Å². The van der Waals surface area contributed by atoms with Gasteiger partial charge in [-0.25, -0.2) is 0 Å². The number of nitrogens with zero attached hydrogens (tertiary/aromatic N) is 2. The van der Waals surface area contributed by atoms with Crippen LogP contribution in [0.3, 0.4) is 0 Å². The predicted octanol–water partition coefficient (Wildman–Crippen LogP) is 4.30. The van der Waals surface area contributed by atoms with Crippen molar-refractivity contribution in [2.75, 3.05) is 0 Å². The first-order valence-electron chi connectivity index (χ1n) is 9.99. The Kier molecular flexibility index (Phi) is 3.52. The van der Waals surface area contributed by atoms with E-state index in [1.807, 2.05) is 31.2 Å². The molecule has 2 bridgehead atoms. The zero-order chi connectivity index (χ0) is 19.9. The lowest BCUT2D eigenvalue weighted by Gasteiger charge is -2.37. The van der Waals surface area contributed by atoms with E-state index >= 15 is 0 Å². The Morgan fingerprint density at radius 2 is 1.76 bits per heavy atom. The van der Waals surface area contributed by atoms with Crippen molar-refractivity contribution in [2.45, 2.75) is 13.3 Å². The van der Waals surface area contributed by atoms with E-state index in [1.165, 1.54) is 6.21 Å². The van der Waals surface area contributed by atoms with Crippen LogP contribution in [-0.2, 0) is 9.59 Å². The number of amides is 2. The minimum atomic E-state index is -0.236. The van der Waals surface area contributed by atoms with Gasteiger partial charge in [0.1, 0.15) is 11.5 Å². The second-order valence-electron chi connectivity index (χ2n) is 8.55. The van der Waals surface area contributed by atoms with Gasteiger partial charge in [-0.05, 0) is 60.8 Å². The van der Waals surface area contributed by atoms with Crippen LogP contribution in [0, 0.1) is 42.4 Å². The Labute approximate surface area is 173 Å². The Balaban J connectivity index is 1.24. The van der Waals surface area contributed by atoms with Gasteiger partial charge in [0.15, 0.2) is 0 Å². The largest absolute Gasteiger partial charge is 0.455 e. The minimum absolute atomic E-state index is 0.168. The molecule has 1 aromatic heterocycles. The van der Waals surface area contributed by atoms with E-state index in [1.54, 1.807) is 6.07 Å². The quantitative estimate of drug-likeness (QED) is 0.434. The molecule has 29 heavy (non-hydrogen) atoms. The number of imide groups is 1. The van der Waals surface area contributed by atoms with E-state index in [2.05, 4.69) is 17.3 Å². The minimum Gasteiger partial charge on any atom is -0.455 e. The topological polar surface area (TPSA) is 62.9 Å². The summed E-state index contributed by atoms with van der Waals surface area (Å²) in [6.45, 7) is 1.94. The number of carbonyl (C=O) groups is 2. The number of hydrogen-bond acceptors (Lipinski definition) is 4. The summed E-state index contributed by atoms with van der Waals surface area (Å²) >= 11 is 6.20. The molecule has 0 spiro atoms. The van der Waals surface area contributed by atoms with Crippen LogP contribution < -0.4 is 0 Å². The molecule has 2 aromatic rings. The fourth-order valence-electron chi connectivity index (χ4n) is 5.49. The average Bonchev–Trinajstić information content (AvgIpc) is 3.36. The number of aryl methyl sites for hydroxylation is 1. The van der Waals surface area contributed by atoms with Crippen molar-refractivity contribution >= 4 is 29.6 Å². The van der Waals surface area contributed by atoms with E-state index in [-0.39, 0.29) is 35.5 Å². The molecule has 146 valence electrons. The first-order valence-corrected chi connectivity index (χ1v) is 10.4. The van der Waals surface area contributed by atoms with Crippen LogP contribution in [0.1, 0.15) is 17.7 Å². The Morgan fingerprint density at radius 1 is 1.07 bits per heavy atom. The van der Waals surface area contributed by atoms with Crippen LogP contribution >= 0.6 is 11.6 Å². The molecule has 4 aliphatic carbocycles. The first kappa shape index (κ1) is 17.2. The van der Waals surface area contributed by atoms with Gasteiger partial charge in [0.25, 0.3) is 11.8 Å². The Hall–Kier alpha value is -2.66. The number of furan rings is 1. The summed E-state index contributed by atoms with van der Waals surface area (Å²) < 4.78 is 5.82. The molecule has 2 saturated carbocycles. The lowest BCUT2D eigenvalue weighted by Crippen LogP contribution is -2.40. The third kappa shape index (κ3) is 2.43. The zero-order valence-corrected chi connectivity index (χ0v) is 16.5. The molecule has 0 radical (unpaired) electrons. The van der Waals surface area contributed by atoms with Crippen molar-refractivity contribution in [1.82, 2.24) is 5.01 Å². The third-order valence-electron chi connectivity index (χ3n) is 7.02. The van der Waals surface area contributed by atoms with Crippen molar-refractivity contribution in [2.24, 2.45) is 40.6 Å². The van der Waals surface area contributed by atoms with Gasteiger partial charge >= 0.3 is 0 Å². The maximum Gasteiger partial charge on any atom is 0.254 e. The van der Waals surface area contributed by atoms with Gasteiger partial charge < -0.3 is 4.42 Å². The lowest BCUT2D eigenvalue weighted by atomic mass is 9.63. The molecular weight excluding hydrogens is 388 g/mol. The van der Waals surface area contributed by atoms with Crippen LogP contribution in [0.15, 0.2) is 52.0 Å². The predicted molar refractivity (Wildman–Crippen MR) is 108 cm³/mol. The highest BCUT2D eigenvalue weighted by Crippen LogP contribution is 2.65. The first-order chi connectivity index (χ1) is 14.0. The highest BCUT2D eigenvalue weighted by Gasteiger charge is 2.67. The van der Waals surface area contributed by atoms with E-state index < -0.39 is 0 Å². The van der Waals surface area contributed by atoms with Crippen molar-refractivity contribution in [3.05, 3.63) is 58.8 Å². The van der Waals surface area contributed by atoms with Gasteiger partial charge in [0.05, 0.1) is 18.1 Å². The van der Waals surface area contributed by atoms with E-state index in [9.17, 15) is 9.59 Å². The van der Waals surface area contributed by atoms with Gasteiger partial charge in [0, 0.05) is 10.6 Å². The monoisotopic (exact) mass is 406 g/mol. The van der Waals surface area contributed by atoms with E-state index in [0.717, 1.165) is 22.6 Å². The third-order valence-corrected chi connectivity index (χ3v) is 7.43. The van der Waals surface area contributed by atoms with Gasteiger partial charge in [-0.1, -0.05) is 35.9 Å². The number of rotatable bonds is 3. The molecule has 1 aromatic carbocycles. The Bertz CT molecular complexity index is 1080. The number of benzene rings is 1. The number of carbonyl (C=O) groups excluding carboxylic acids is 2. The van der Waals surface area contributed by atoms with E-state index in [0.29, 0.717) is 28.4 Å². The molecule has 5 nitrogen and oxygen atoms in total. The fraction of sp³-hybridized carbons (Fsp3) is 0.348. The van der Waals surface area contributed by atoms with Crippen molar-refractivity contribution in [3.8, 4) is 11.3 Å². The van der Waals surface area contributed by atoms with Crippen LogP contribution in [-0.4, -0.2) is 23.0 Å². The lowest BCUT2D eigenvalue weighted by molar-refractivity contribution is -0.140. The highest BCUT2D eigenvalue weighted by molar-refractivity contribution is 6.31. The van der Waals surface area contributed by atoms with Gasteiger partial charge in [-0.3, -0.25) is 9.59 Å². The van der Waals surface area contributed by atoms with Gasteiger partial charge in [-0.15, -0.1) is 0 Å². The normalized spacial score (nSPS) is 34.2. The molecule has 5 aliphatic rings. The summed E-state index contributed by atoms with van der Waals surface area (Å²) in [4.78, 5) is 25.9. The Morgan fingerprint density at radius 3 is 2.41 bits per heavy atom. The standard InChI is InChI=1S/C23H19ClN2O3/c1-11-2-3-12(8-18(11)24)19-7-4-13(29-19)10-25-26-22(27)20-14-5-6-15(17-9-16(14)17)21(20)23(26)28/h2-8,10,14-17,20-21H,9H2,1H3/b25-10+. The smallest absolute Gasteiger partial charge is 0.254 e. The second kappa shape index (κ2) is 5.92. The summed E-state index contributed by atoms with van der Waals surface area (Å²) in [5.41, 5.74) is 1.86. The van der Waals surface area contributed by atoms with E-state index in [4.69, 9.17) is 16.0 Å². The van der Waals surface area contributed by atoms with Crippen LogP contribution in [0.25, 0.3) is 11.3 Å². The number of hydrogen-bond donors (Lipinski definition) is 0. The molecular formula is C23H19ClN2O3. The summed E-state index contributed by atoms with van der Waals surface area (Å²) in [6, 6.07) is 9.32. The summed E-state index contributed by atoms with van der Waals surface area (Å²) in [5, 5.41) is 5.96. The van der Waals surface area contributed by atoms with Crippen molar-refractivity contribution < 1.29 is 14.0 Å². The molecule has 1 saturated heterocycles. The molecule has 6 atom stereocenters. The van der Waals surface area contributed by atoms with Crippen LogP contribution in [0.2, 0.25) is 5.02 Å². The van der Waals surface area contributed by atoms with Gasteiger partial charge in [0.2, 0.25) is 0 Å². The average molecular weight is 407 g/mol. The van der Waals surface area contributed by atoms with Crippen LogP contribution in [0.4, 0.5) is 0 Å². The summed E-state index contributed by atoms with van der Waals surface area (Å²) in [7, 11) is 0. The maximum absolute atomic E-state index is 12.9. The fourth-order valence-corrected chi connectivity index (χ4v) is 5.67. The highest BCUT2D eigenvalue weighted by atomic mass is 35.5. The number of halogens is 1. The molecule has 1 aliphatic heterocycles. The SMILES string of the molecule is Cc1ccc(-c2ccc(/C=N/N3C(=O)C4C5C=CC(C6CC56)C4C3=O)o2)cc1Cl. The summed E-state index contributed by atoms with van der Waals surface area (Å²) in [5.74, 6) is 1.90. The zero-order valence-electron chi connectivity index (χ0n) is 15.8. The molecule has 7 rings (SSSR count). The van der Waals surface area contributed by atoms with Crippen molar-refractivity contribution in [1.29, 1.82) is 0 Å². The molecule has 3 fully saturated rings. The summed E-state index contributed by atoms with van der Waals surface area (Å²) in [6.07, 6.45) is 6.91. The maximum atomic E-state index is 12.9. The van der Waals surface area contributed by atoms with Gasteiger partial charge in [-0.2, -0.15) is 10.1 Å². The number of hydrazone groups is 1.